The summed E-state index contributed by atoms with van der Waals surface area (Å²) in [5.41, 5.74) is 3.27. The summed E-state index contributed by atoms with van der Waals surface area (Å²) in [4.78, 5) is 9.24. The normalized spacial score (nSPS) is 25.5. The largest absolute Gasteiger partial charge is 0.372 e. The quantitative estimate of drug-likeness (QED) is 0.604. The summed E-state index contributed by atoms with van der Waals surface area (Å²) in [6, 6.07) is 0.184. The van der Waals surface area contributed by atoms with Crippen LogP contribution < -0.4 is 16.0 Å². The van der Waals surface area contributed by atoms with Crippen molar-refractivity contribution in [3.8, 4) is 0 Å². The van der Waals surface area contributed by atoms with Crippen LogP contribution in [0, 0.1) is 0 Å². The summed E-state index contributed by atoms with van der Waals surface area (Å²) in [5.74, 6) is 0. The van der Waals surface area contributed by atoms with Gasteiger partial charge in [0.25, 0.3) is 0 Å². The van der Waals surface area contributed by atoms with E-state index in [1.807, 2.05) is 0 Å². The molecule has 20 heavy (non-hydrogen) atoms. The van der Waals surface area contributed by atoms with Crippen molar-refractivity contribution in [1.82, 2.24) is 16.0 Å². The third kappa shape index (κ3) is 4.58. The van der Waals surface area contributed by atoms with Crippen molar-refractivity contribution in [2.75, 3.05) is 39.3 Å². The van der Waals surface area contributed by atoms with Crippen LogP contribution >= 0.6 is 0 Å². The van der Waals surface area contributed by atoms with Gasteiger partial charge in [-0.15, -0.1) is 0 Å². The number of rotatable bonds is 0. The van der Waals surface area contributed by atoms with Gasteiger partial charge in [0, 0.05) is 31.9 Å². The summed E-state index contributed by atoms with van der Waals surface area (Å²) in [5, 5.41) is 10.3. The van der Waals surface area contributed by atoms with Crippen LogP contribution in [-0.2, 0) is 0 Å². The Bertz CT molecular complexity index is 434. The highest BCUT2D eigenvalue weighted by molar-refractivity contribution is 6.00. The Morgan fingerprint density at radius 2 is 1.70 bits per heavy atom. The Labute approximate surface area is 121 Å². The van der Waals surface area contributed by atoms with E-state index >= 15 is 0 Å². The lowest BCUT2D eigenvalue weighted by Crippen LogP contribution is -2.37. The van der Waals surface area contributed by atoms with E-state index in [9.17, 15) is 0 Å². The van der Waals surface area contributed by atoms with Crippen molar-refractivity contribution >= 4 is 11.4 Å². The van der Waals surface area contributed by atoms with Crippen molar-refractivity contribution in [3.63, 3.8) is 0 Å². The maximum Gasteiger partial charge on any atom is 0.0826 e. The number of aliphatic imine (C=N–C) groups is 2. The van der Waals surface area contributed by atoms with E-state index < -0.39 is 0 Å². The molecule has 2 aliphatic heterocycles. The molecule has 0 spiro atoms. The Hall–Kier alpha value is -1.46. The molecule has 5 nitrogen and oxygen atoms in total. The smallest absolute Gasteiger partial charge is 0.0826 e. The molecule has 0 fully saturated rings. The first-order chi connectivity index (χ1) is 9.77. The van der Waals surface area contributed by atoms with Crippen molar-refractivity contribution < 1.29 is 0 Å². The van der Waals surface area contributed by atoms with E-state index in [1.165, 1.54) is 0 Å². The zero-order valence-corrected chi connectivity index (χ0v) is 12.4. The van der Waals surface area contributed by atoms with Crippen LogP contribution in [-0.4, -0.2) is 56.7 Å². The molecule has 0 aromatic carbocycles. The number of nitrogens with one attached hydrogen (secondary N) is 3. The zero-order chi connectivity index (χ0) is 14.2. The molecule has 2 rings (SSSR count). The molecule has 0 saturated heterocycles. The number of nitrogens with zero attached hydrogens (tertiary/aromatic N) is 2. The zero-order valence-electron chi connectivity index (χ0n) is 12.4. The first-order valence-electron chi connectivity index (χ1n) is 7.36. The second-order valence-corrected chi connectivity index (χ2v) is 5.08. The van der Waals surface area contributed by atoms with Crippen molar-refractivity contribution in [1.29, 1.82) is 0 Å². The molecule has 2 heterocycles. The molecular weight excluding hydrogens is 250 g/mol. The lowest BCUT2D eigenvalue weighted by atomic mass is 10.1. The summed E-state index contributed by atoms with van der Waals surface area (Å²) in [6.45, 7) is 9.57. The summed E-state index contributed by atoms with van der Waals surface area (Å²) < 4.78 is 0. The number of fused-ring (bicyclic) bond motifs is 2. The van der Waals surface area contributed by atoms with Gasteiger partial charge in [-0.3, -0.25) is 9.98 Å². The second kappa shape index (κ2) is 7.97. The Kier molecular flexibility index (Phi) is 5.95. The van der Waals surface area contributed by atoms with E-state index in [0.29, 0.717) is 0 Å². The average Bonchev–Trinajstić information content (AvgIpc) is 2.48. The van der Waals surface area contributed by atoms with Gasteiger partial charge >= 0.3 is 0 Å². The molecule has 1 atom stereocenters. The molecule has 110 valence electrons. The molecule has 0 radical (unpaired) electrons. The number of allylic oxidation sites excluding steroid dienone is 3. The summed E-state index contributed by atoms with van der Waals surface area (Å²) >= 11 is 0. The van der Waals surface area contributed by atoms with Crippen LogP contribution in [0.2, 0.25) is 0 Å². The molecule has 0 saturated carbocycles. The van der Waals surface area contributed by atoms with Crippen molar-refractivity contribution in [3.05, 3.63) is 23.9 Å². The lowest BCUT2D eigenvalue weighted by Gasteiger charge is -2.22. The molecular formula is C15H25N5. The van der Waals surface area contributed by atoms with E-state index in [1.54, 1.807) is 0 Å². The summed E-state index contributed by atoms with van der Waals surface area (Å²) in [7, 11) is 0. The van der Waals surface area contributed by atoms with E-state index in [4.69, 9.17) is 0 Å². The third-order valence-electron chi connectivity index (χ3n) is 3.48. The van der Waals surface area contributed by atoms with E-state index in [-0.39, 0.29) is 6.04 Å². The molecule has 5 heteroatoms. The molecule has 2 bridgehead atoms. The average molecular weight is 275 g/mol. The van der Waals surface area contributed by atoms with Gasteiger partial charge in [0.05, 0.1) is 30.5 Å². The Morgan fingerprint density at radius 3 is 2.45 bits per heavy atom. The van der Waals surface area contributed by atoms with Crippen LogP contribution in [0.4, 0.5) is 0 Å². The number of hydrogen-bond acceptors (Lipinski definition) is 5. The van der Waals surface area contributed by atoms with E-state index in [2.05, 4.69) is 58.0 Å². The highest BCUT2D eigenvalue weighted by Crippen LogP contribution is 2.06. The van der Waals surface area contributed by atoms with Crippen LogP contribution in [0.15, 0.2) is 33.9 Å². The number of dihydropyridines is 1. The minimum Gasteiger partial charge on any atom is -0.372 e. The fraction of sp³-hybridized carbons (Fsp3) is 0.600. The Balaban J connectivity index is 2.07. The molecule has 1 unspecified atom stereocenters. The van der Waals surface area contributed by atoms with Crippen LogP contribution in [0.25, 0.3) is 0 Å². The van der Waals surface area contributed by atoms with Gasteiger partial charge in [-0.25, -0.2) is 0 Å². The predicted octanol–water partition coefficient (Wildman–Crippen LogP) is 0.513. The monoisotopic (exact) mass is 275 g/mol. The van der Waals surface area contributed by atoms with Crippen LogP contribution in [0.3, 0.4) is 0 Å². The molecule has 0 aromatic heterocycles. The van der Waals surface area contributed by atoms with Crippen molar-refractivity contribution in [2.24, 2.45) is 9.98 Å². The lowest BCUT2D eigenvalue weighted by molar-refractivity contribution is 0.619. The maximum absolute atomic E-state index is 4.63. The predicted molar refractivity (Wildman–Crippen MR) is 85.8 cm³/mol. The second-order valence-electron chi connectivity index (χ2n) is 5.08. The maximum atomic E-state index is 4.63. The molecule has 0 amide bonds. The minimum atomic E-state index is 0.184. The fourth-order valence-electron chi connectivity index (χ4n) is 2.22. The topological polar surface area (TPSA) is 60.8 Å². The fourth-order valence-corrected chi connectivity index (χ4v) is 2.22. The molecule has 3 N–H and O–H groups in total. The molecule has 2 aliphatic rings. The first-order valence-corrected chi connectivity index (χ1v) is 7.36. The standard InChI is InChI=1S/C15H25N5/c1-12-14-4-3-5-15(20-14)13(2)19-11-9-17-7-6-16-8-10-18-12/h3-5,14,16-17,20H,6-11H2,1-2H3. The first kappa shape index (κ1) is 14.9. The number of hydrogen-bond donors (Lipinski definition) is 3. The van der Waals surface area contributed by atoms with E-state index in [0.717, 1.165) is 56.4 Å². The Morgan fingerprint density at radius 1 is 1.00 bits per heavy atom. The van der Waals surface area contributed by atoms with Gasteiger partial charge in [0.1, 0.15) is 0 Å². The van der Waals surface area contributed by atoms with Gasteiger partial charge in [0.15, 0.2) is 0 Å². The third-order valence-corrected chi connectivity index (χ3v) is 3.48. The van der Waals surface area contributed by atoms with Crippen LogP contribution in [0.1, 0.15) is 13.8 Å². The summed E-state index contributed by atoms with van der Waals surface area (Å²) in [6.07, 6.45) is 6.31. The SMILES string of the molecule is CC1=NCCNCCNCCN=C(C)C2C=CC=C1N2. The van der Waals surface area contributed by atoms with Gasteiger partial charge < -0.3 is 16.0 Å². The minimum absolute atomic E-state index is 0.184. The molecule has 0 aliphatic carbocycles. The van der Waals surface area contributed by atoms with Crippen molar-refractivity contribution in [2.45, 2.75) is 19.9 Å². The van der Waals surface area contributed by atoms with Gasteiger partial charge in [-0.05, 0) is 19.9 Å². The molecule has 0 aromatic rings. The van der Waals surface area contributed by atoms with Gasteiger partial charge in [-0.1, -0.05) is 12.2 Å². The van der Waals surface area contributed by atoms with Crippen LogP contribution in [0.5, 0.6) is 0 Å². The highest BCUT2D eigenvalue weighted by Gasteiger charge is 2.14. The highest BCUT2D eigenvalue weighted by atomic mass is 15.0. The van der Waals surface area contributed by atoms with Gasteiger partial charge in [0.2, 0.25) is 0 Å². The van der Waals surface area contributed by atoms with Gasteiger partial charge in [-0.2, -0.15) is 0 Å².